The standard InChI is InChI=1S/C10H14N4/c1-3-5-11-10-7-8(2)13-9-4-6-12-14(9)10/h4,6-7,11H,3,5H2,1-2H3. The molecular weight excluding hydrogens is 176 g/mol. The minimum atomic E-state index is 0.892. The van der Waals surface area contributed by atoms with Crippen LogP contribution in [0.3, 0.4) is 0 Å². The van der Waals surface area contributed by atoms with E-state index in [-0.39, 0.29) is 0 Å². The molecular formula is C10H14N4. The van der Waals surface area contributed by atoms with Gasteiger partial charge < -0.3 is 5.32 Å². The molecule has 2 aromatic rings. The van der Waals surface area contributed by atoms with Gasteiger partial charge in [0.1, 0.15) is 5.82 Å². The first-order chi connectivity index (χ1) is 6.81. The molecule has 0 amide bonds. The van der Waals surface area contributed by atoms with Crippen molar-refractivity contribution in [1.82, 2.24) is 14.6 Å². The lowest BCUT2D eigenvalue weighted by atomic mass is 10.4. The Labute approximate surface area is 83.0 Å². The van der Waals surface area contributed by atoms with Crippen molar-refractivity contribution in [2.45, 2.75) is 20.3 Å². The Balaban J connectivity index is 2.44. The molecule has 14 heavy (non-hydrogen) atoms. The van der Waals surface area contributed by atoms with Gasteiger partial charge in [-0.3, -0.25) is 0 Å². The minimum Gasteiger partial charge on any atom is -0.370 e. The molecule has 0 spiro atoms. The molecule has 4 heteroatoms. The van der Waals surface area contributed by atoms with Gasteiger partial charge in [-0.15, -0.1) is 0 Å². The van der Waals surface area contributed by atoms with Gasteiger partial charge in [0.15, 0.2) is 5.65 Å². The summed E-state index contributed by atoms with van der Waals surface area (Å²) >= 11 is 0. The Morgan fingerprint density at radius 2 is 2.36 bits per heavy atom. The number of nitrogens with zero attached hydrogens (tertiary/aromatic N) is 3. The van der Waals surface area contributed by atoms with Gasteiger partial charge in [0.05, 0.1) is 6.20 Å². The van der Waals surface area contributed by atoms with E-state index in [0.717, 1.165) is 30.1 Å². The predicted octanol–water partition coefficient (Wildman–Crippen LogP) is 1.86. The zero-order valence-electron chi connectivity index (χ0n) is 8.49. The number of fused-ring (bicyclic) bond motifs is 1. The third-order valence-corrected chi connectivity index (χ3v) is 2.04. The van der Waals surface area contributed by atoms with Crippen molar-refractivity contribution < 1.29 is 0 Å². The summed E-state index contributed by atoms with van der Waals surface area (Å²) in [6.45, 7) is 5.09. The Morgan fingerprint density at radius 1 is 1.50 bits per heavy atom. The number of hydrogen-bond donors (Lipinski definition) is 1. The third-order valence-electron chi connectivity index (χ3n) is 2.04. The second-order valence-electron chi connectivity index (χ2n) is 3.31. The molecule has 2 rings (SSSR count). The van der Waals surface area contributed by atoms with Gasteiger partial charge in [0.2, 0.25) is 0 Å². The van der Waals surface area contributed by atoms with E-state index in [1.54, 1.807) is 6.20 Å². The fourth-order valence-corrected chi connectivity index (χ4v) is 1.42. The highest BCUT2D eigenvalue weighted by Crippen LogP contribution is 2.11. The molecule has 0 fully saturated rings. The average Bonchev–Trinajstić information content (AvgIpc) is 2.61. The van der Waals surface area contributed by atoms with Crippen molar-refractivity contribution in [1.29, 1.82) is 0 Å². The Morgan fingerprint density at radius 3 is 3.14 bits per heavy atom. The van der Waals surface area contributed by atoms with Crippen molar-refractivity contribution in [2.75, 3.05) is 11.9 Å². The van der Waals surface area contributed by atoms with Gasteiger partial charge in [-0.1, -0.05) is 6.92 Å². The van der Waals surface area contributed by atoms with Crippen LogP contribution in [0.1, 0.15) is 19.0 Å². The second-order valence-corrected chi connectivity index (χ2v) is 3.31. The summed E-state index contributed by atoms with van der Waals surface area (Å²) in [7, 11) is 0. The highest BCUT2D eigenvalue weighted by atomic mass is 15.3. The van der Waals surface area contributed by atoms with E-state index in [0.29, 0.717) is 0 Å². The van der Waals surface area contributed by atoms with Crippen molar-refractivity contribution in [2.24, 2.45) is 0 Å². The summed E-state index contributed by atoms with van der Waals surface area (Å²) in [5.41, 5.74) is 1.90. The van der Waals surface area contributed by atoms with Gasteiger partial charge in [-0.2, -0.15) is 9.61 Å². The van der Waals surface area contributed by atoms with Crippen LogP contribution >= 0.6 is 0 Å². The molecule has 0 unspecified atom stereocenters. The summed E-state index contributed by atoms with van der Waals surface area (Å²) in [5.74, 6) is 1.01. The molecule has 0 aliphatic rings. The van der Waals surface area contributed by atoms with E-state index in [2.05, 4.69) is 22.3 Å². The van der Waals surface area contributed by atoms with Crippen LogP contribution in [0.25, 0.3) is 5.65 Å². The smallest absolute Gasteiger partial charge is 0.157 e. The van der Waals surface area contributed by atoms with Crippen LogP contribution in [0.15, 0.2) is 18.3 Å². The SMILES string of the molecule is CCCNc1cc(C)nc2ccnn12. The largest absolute Gasteiger partial charge is 0.370 e. The monoisotopic (exact) mass is 190 g/mol. The molecule has 4 nitrogen and oxygen atoms in total. The zero-order valence-corrected chi connectivity index (χ0v) is 8.49. The molecule has 0 aliphatic carbocycles. The summed E-state index contributed by atoms with van der Waals surface area (Å²) in [6.07, 6.45) is 2.86. The number of aromatic nitrogens is 3. The first-order valence-corrected chi connectivity index (χ1v) is 4.86. The molecule has 74 valence electrons. The first kappa shape index (κ1) is 8.99. The lowest BCUT2D eigenvalue weighted by Gasteiger charge is -2.07. The molecule has 0 bridgehead atoms. The molecule has 0 radical (unpaired) electrons. The van der Waals surface area contributed by atoms with Crippen LogP contribution < -0.4 is 5.32 Å². The fraction of sp³-hybridized carbons (Fsp3) is 0.400. The van der Waals surface area contributed by atoms with Crippen LogP contribution in [0, 0.1) is 6.92 Å². The number of rotatable bonds is 3. The Kier molecular flexibility index (Phi) is 2.35. The van der Waals surface area contributed by atoms with Crippen LogP contribution in [0.2, 0.25) is 0 Å². The van der Waals surface area contributed by atoms with Crippen LogP contribution in [0.5, 0.6) is 0 Å². The van der Waals surface area contributed by atoms with E-state index in [9.17, 15) is 0 Å². The summed E-state index contributed by atoms with van der Waals surface area (Å²) in [4.78, 5) is 4.36. The Bertz CT molecular complexity index is 433. The lowest BCUT2D eigenvalue weighted by Crippen LogP contribution is -2.07. The molecule has 2 heterocycles. The molecule has 0 atom stereocenters. The van der Waals surface area contributed by atoms with Crippen LogP contribution in [-0.4, -0.2) is 21.1 Å². The van der Waals surface area contributed by atoms with E-state index >= 15 is 0 Å². The number of aryl methyl sites for hydroxylation is 1. The minimum absolute atomic E-state index is 0.892. The lowest BCUT2D eigenvalue weighted by molar-refractivity contribution is 0.897. The van der Waals surface area contributed by atoms with Gasteiger partial charge in [0.25, 0.3) is 0 Å². The maximum absolute atomic E-state index is 4.36. The number of anilines is 1. The van der Waals surface area contributed by atoms with Gasteiger partial charge in [0, 0.05) is 24.4 Å². The summed E-state index contributed by atoms with van der Waals surface area (Å²) in [6, 6.07) is 3.92. The maximum atomic E-state index is 4.36. The molecule has 1 N–H and O–H groups in total. The highest BCUT2D eigenvalue weighted by molar-refractivity contribution is 5.48. The first-order valence-electron chi connectivity index (χ1n) is 4.86. The molecule has 0 aromatic carbocycles. The molecule has 0 saturated heterocycles. The van der Waals surface area contributed by atoms with Crippen molar-refractivity contribution in [3.63, 3.8) is 0 Å². The van der Waals surface area contributed by atoms with Crippen LogP contribution in [0.4, 0.5) is 5.82 Å². The third kappa shape index (κ3) is 1.55. The normalized spacial score (nSPS) is 10.7. The number of nitrogens with one attached hydrogen (secondary N) is 1. The maximum Gasteiger partial charge on any atom is 0.157 e. The van der Waals surface area contributed by atoms with E-state index < -0.39 is 0 Å². The average molecular weight is 190 g/mol. The quantitative estimate of drug-likeness (QED) is 0.803. The Hall–Kier alpha value is -1.58. The van der Waals surface area contributed by atoms with Crippen molar-refractivity contribution >= 4 is 11.5 Å². The van der Waals surface area contributed by atoms with Gasteiger partial charge >= 0.3 is 0 Å². The summed E-state index contributed by atoms with van der Waals surface area (Å²) in [5, 5.41) is 7.53. The van der Waals surface area contributed by atoms with E-state index in [4.69, 9.17) is 0 Å². The number of hydrogen-bond acceptors (Lipinski definition) is 3. The fourth-order valence-electron chi connectivity index (χ4n) is 1.42. The topological polar surface area (TPSA) is 42.2 Å². The molecule has 0 aliphatic heterocycles. The van der Waals surface area contributed by atoms with E-state index in [1.165, 1.54) is 0 Å². The van der Waals surface area contributed by atoms with Crippen LogP contribution in [-0.2, 0) is 0 Å². The molecule has 2 aromatic heterocycles. The predicted molar refractivity (Wildman–Crippen MR) is 56.5 cm³/mol. The highest BCUT2D eigenvalue weighted by Gasteiger charge is 2.02. The van der Waals surface area contributed by atoms with Gasteiger partial charge in [-0.25, -0.2) is 4.98 Å². The van der Waals surface area contributed by atoms with E-state index in [1.807, 2.05) is 23.6 Å². The van der Waals surface area contributed by atoms with Crippen molar-refractivity contribution in [3.8, 4) is 0 Å². The van der Waals surface area contributed by atoms with Crippen molar-refractivity contribution in [3.05, 3.63) is 24.0 Å². The second kappa shape index (κ2) is 3.65. The molecule has 0 saturated carbocycles. The zero-order chi connectivity index (χ0) is 9.97. The summed E-state index contributed by atoms with van der Waals surface area (Å²) < 4.78 is 1.82. The van der Waals surface area contributed by atoms with Gasteiger partial charge in [-0.05, 0) is 13.3 Å².